The molecule has 0 spiro atoms. The predicted molar refractivity (Wildman–Crippen MR) is 69.3 cm³/mol. The van der Waals surface area contributed by atoms with Gasteiger partial charge in [0.15, 0.2) is 0 Å². The molecule has 0 heterocycles. The van der Waals surface area contributed by atoms with E-state index in [0.29, 0.717) is 0 Å². The fourth-order valence-electron chi connectivity index (χ4n) is 1.43. The van der Waals surface area contributed by atoms with Gasteiger partial charge in [-0.1, -0.05) is 6.07 Å². The zero-order valence-electron chi connectivity index (χ0n) is 11.0. The maximum atomic E-state index is 12.0. The lowest BCUT2D eigenvalue weighted by molar-refractivity contribution is -0.0498. The number of ether oxygens (including phenoxy) is 1. The van der Waals surface area contributed by atoms with E-state index in [0.717, 1.165) is 18.8 Å². The second-order valence-corrected chi connectivity index (χ2v) is 5.01. The molecule has 2 N–H and O–H groups in total. The Kier molecular flexibility index (Phi) is 5.34. The van der Waals surface area contributed by atoms with Crippen molar-refractivity contribution in [3.63, 3.8) is 0 Å². The molecule has 0 fully saturated rings. The molecule has 3 nitrogen and oxygen atoms in total. The highest BCUT2D eigenvalue weighted by atomic mass is 19.3. The first-order chi connectivity index (χ1) is 8.37. The fraction of sp³-hybridized carbons (Fsp3) is 0.538. The number of nitrogens with one attached hydrogen (secondary N) is 2. The highest BCUT2D eigenvalue weighted by Crippen LogP contribution is 2.18. The first kappa shape index (κ1) is 14.7. The topological polar surface area (TPSA) is 33.3 Å². The van der Waals surface area contributed by atoms with E-state index < -0.39 is 6.61 Å². The van der Waals surface area contributed by atoms with Crippen LogP contribution in [0, 0.1) is 0 Å². The van der Waals surface area contributed by atoms with Crippen molar-refractivity contribution in [2.75, 3.05) is 18.4 Å². The maximum absolute atomic E-state index is 12.0. The summed E-state index contributed by atoms with van der Waals surface area (Å²) in [5.74, 6) is 0.166. The van der Waals surface area contributed by atoms with Crippen molar-refractivity contribution in [1.29, 1.82) is 0 Å². The van der Waals surface area contributed by atoms with E-state index >= 15 is 0 Å². The summed E-state index contributed by atoms with van der Waals surface area (Å²) in [6, 6.07) is 6.56. The Morgan fingerprint density at radius 3 is 2.56 bits per heavy atom. The number of hydrogen-bond acceptors (Lipinski definition) is 3. The Balaban J connectivity index is 2.38. The van der Waals surface area contributed by atoms with Crippen LogP contribution >= 0.6 is 0 Å². The molecular weight excluding hydrogens is 238 g/mol. The molecule has 0 atom stereocenters. The van der Waals surface area contributed by atoms with E-state index in [4.69, 9.17) is 0 Å². The van der Waals surface area contributed by atoms with Gasteiger partial charge in [-0.15, -0.1) is 0 Å². The van der Waals surface area contributed by atoms with Crippen molar-refractivity contribution < 1.29 is 13.5 Å². The van der Waals surface area contributed by atoms with Crippen molar-refractivity contribution >= 4 is 5.69 Å². The van der Waals surface area contributed by atoms with Gasteiger partial charge in [0, 0.05) is 30.4 Å². The average Bonchev–Trinajstić information content (AvgIpc) is 2.23. The monoisotopic (exact) mass is 258 g/mol. The summed E-state index contributed by atoms with van der Waals surface area (Å²) in [6.07, 6.45) is 0. The number of alkyl halides is 2. The third-order valence-corrected chi connectivity index (χ3v) is 2.17. The largest absolute Gasteiger partial charge is 0.435 e. The molecule has 0 saturated carbocycles. The molecule has 1 aromatic carbocycles. The predicted octanol–water partition coefficient (Wildman–Crippen LogP) is 3.09. The lowest BCUT2D eigenvalue weighted by Gasteiger charge is -2.20. The van der Waals surface area contributed by atoms with Crippen LogP contribution in [0.3, 0.4) is 0 Å². The smallest absolute Gasteiger partial charge is 0.387 e. The molecule has 18 heavy (non-hydrogen) atoms. The SMILES string of the molecule is CC(C)(C)NCCNc1cccc(OC(F)F)c1. The minimum atomic E-state index is -2.79. The van der Waals surface area contributed by atoms with Crippen LogP contribution in [-0.2, 0) is 0 Å². The highest BCUT2D eigenvalue weighted by Gasteiger charge is 2.07. The average molecular weight is 258 g/mol. The number of halogens is 2. The minimum absolute atomic E-state index is 0.0717. The molecule has 0 aliphatic heterocycles. The van der Waals surface area contributed by atoms with Gasteiger partial charge < -0.3 is 15.4 Å². The van der Waals surface area contributed by atoms with Crippen molar-refractivity contribution in [3.05, 3.63) is 24.3 Å². The molecule has 0 bridgehead atoms. The Hall–Kier alpha value is -1.36. The van der Waals surface area contributed by atoms with Crippen molar-refractivity contribution in [1.82, 2.24) is 5.32 Å². The van der Waals surface area contributed by atoms with Gasteiger partial charge in [-0.2, -0.15) is 8.78 Å². The van der Waals surface area contributed by atoms with E-state index in [9.17, 15) is 8.78 Å². The Labute approximate surface area is 107 Å². The van der Waals surface area contributed by atoms with Gasteiger partial charge >= 0.3 is 6.61 Å². The quantitative estimate of drug-likeness (QED) is 0.769. The molecule has 1 rings (SSSR count). The van der Waals surface area contributed by atoms with Gasteiger partial charge in [0.1, 0.15) is 5.75 Å². The molecule has 0 aliphatic rings. The number of benzene rings is 1. The van der Waals surface area contributed by atoms with Crippen LogP contribution in [0.2, 0.25) is 0 Å². The standard InChI is InChI=1S/C13H20F2N2O/c1-13(2,3)17-8-7-16-10-5-4-6-11(9-10)18-12(14)15/h4-6,9,12,16-17H,7-8H2,1-3H3. The molecule has 0 aromatic heterocycles. The molecule has 5 heteroatoms. The third-order valence-electron chi connectivity index (χ3n) is 2.17. The summed E-state index contributed by atoms with van der Waals surface area (Å²) in [5.41, 5.74) is 0.839. The summed E-state index contributed by atoms with van der Waals surface area (Å²) in [7, 11) is 0. The Morgan fingerprint density at radius 2 is 1.94 bits per heavy atom. The molecule has 0 unspecified atom stereocenters. The van der Waals surface area contributed by atoms with Crippen molar-refractivity contribution in [2.24, 2.45) is 0 Å². The first-order valence-electron chi connectivity index (χ1n) is 5.90. The molecule has 0 saturated heterocycles. The van der Waals surface area contributed by atoms with Crippen molar-refractivity contribution in [3.8, 4) is 5.75 Å². The van der Waals surface area contributed by atoms with Crippen LogP contribution in [0.15, 0.2) is 24.3 Å². The minimum Gasteiger partial charge on any atom is -0.435 e. The second kappa shape index (κ2) is 6.54. The number of hydrogen-bond donors (Lipinski definition) is 2. The summed E-state index contributed by atoms with van der Waals surface area (Å²) >= 11 is 0. The van der Waals surface area contributed by atoms with Crippen LogP contribution in [0.1, 0.15) is 20.8 Å². The zero-order valence-corrected chi connectivity index (χ0v) is 11.0. The Bertz CT molecular complexity index is 364. The molecule has 0 aliphatic carbocycles. The van der Waals surface area contributed by atoms with Crippen LogP contribution in [0.4, 0.5) is 14.5 Å². The second-order valence-electron chi connectivity index (χ2n) is 5.01. The number of anilines is 1. The van der Waals surface area contributed by atoms with Gasteiger partial charge in [-0.05, 0) is 32.9 Å². The van der Waals surface area contributed by atoms with Gasteiger partial charge in [0.25, 0.3) is 0 Å². The van der Waals surface area contributed by atoms with E-state index in [2.05, 4.69) is 36.1 Å². The van der Waals surface area contributed by atoms with E-state index in [1.54, 1.807) is 12.1 Å². The number of rotatable bonds is 6. The van der Waals surface area contributed by atoms with Crippen LogP contribution < -0.4 is 15.4 Å². The van der Waals surface area contributed by atoms with Gasteiger partial charge in [0.05, 0.1) is 0 Å². The van der Waals surface area contributed by atoms with Crippen LogP contribution in [0.5, 0.6) is 5.75 Å². The maximum Gasteiger partial charge on any atom is 0.387 e. The van der Waals surface area contributed by atoms with E-state index in [1.165, 1.54) is 6.07 Å². The molecular formula is C13H20F2N2O. The van der Waals surface area contributed by atoms with Crippen molar-refractivity contribution in [2.45, 2.75) is 32.9 Å². The van der Waals surface area contributed by atoms with E-state index in [1.807, 2.05) is 6.07 Å². The highest BCUT2D eigenvalue weighted by molar-refractivity contribution is 5.48. The van der Waals surface area contributed by atoms with Gasteiger partial charge in [0.2, 0.25) is 0 Å². The summed E-state index contributed by atoms with van der Waals surface area (Å²) in [6.45, 7) is 4.99. The summed E-state index contributed by atoms with van der Waals surface area (Å²) in [5, 5.41) is 6.47. The van der Waals surface area contributed by atoms with Crippen LogP contribution in [-0.4, -0.2) is 25.2 Å². The third kappa shape index (κ3) is 6.39. The molecule has 1 aromatic rings. The molecule has 0 amide bonds. The van der Waals surface area contributed by atoms with Gasteiger partial charge in [-0.3, -0.25) is 0 Å². The summed E-state index contributed by atoms with van der Waals surface area (Å²) in [4.78, 5) is 0. The molecule has 102 valence electrons. The lowest BCUT2D eigenvalue weighted by Crippen LogP contribution is -2.38. The van der Waals surface area contributed by atoms with Gasteiger partial charge in [-0.25, -0.2) is 0 Å². The van der Waals surface area contributed by atoms with Crippen LogP contribution in [0.25, 0.3) is 0 Å². The normalized spacial score (nSPS) is 11.7. The first-order valence-corrected chi connectivity index (χ1v) is 5.90. The fourth-order valence-corrected chi connectivity index (χ4v) is 1.43. The zero-order chi connectivity index (χ0) is 13.6. The Morgan fingerprint density at radius 1 is 1.22 bits per heavy atom. The van der Waals surface area contributed by atoms with E-state index in [-0.39, 0.29) is 11.3 Å². The molecule has 0 radical (unpaired) electrons. The summed E-state index contributed by atoms with van der Waals surface area (Å²) < 4.78 is 28.4. The lowest BCUT2D eigenvalue weighted by atomic mass is 10.1.